The Morgan fingerprint density at radius 3 is 2.45 bits per heavy atom. The maximum absolute atomic E-state index is 13.7. The highest BCUT2D eigenvalue weighted by atomic mass is 32.1. The molecular formula is C22H23F4N3OS. The summed E-state index contributed by atoms with van der Waals surface area (Å²) in [5, 5.41) is 2.21. The number of carbonyl (C=O) groups is 1. The summed E-state index contributed by atoms with van der Waals surface area (Å²) >= 11 is 0.716. The van der Waals surface area contributed by atoms with Gasteiger partial charge in [-0.1, -0.05) is 0 Å². The Morgan fingerprint density at radius 2 is 1.87 bits per heavy atom. The van der Waals surface area contributed by atoms with Crippen molar-refractivity contribution >= 4 is 28.6 Å². The van der Waals surface area contributed by atoms with Crippen molar-refractivity contribution in [2.75, 3.05) is 16.8 Å². The number of nitrogens with zero attached hydrogens (tertiary/aromatic N) is 2. The molecule has 31 heavy (non-hydrogen) atoms. The third-order valence-electron chi connectivity index (χ3n) is 6.73. The van der Waals surface area contributed by atoms with Crippen molar-refractivity contribution < 1.29 is 22.4 Å². The zero-order valence-corrected chi connectivity index (χ0v) is 18.1. The van der Waals surface area contributed by atoms with Crippen LogP contribution in [0.5, 0.6) is 0 Å². The Hall–Kier alpha value is -2.16. The van der Waals surface area contributed by atoms with E-state index in [1.54, 1.807) is 0 Å². The lowest BCUT2D eigenvalue weighted by Gasteiger charge is -2.65. The molecule has 1 aliphatic heterocycles. The van der Waals surface area contributed by atoms with Crippen LogP contribution in [0.1, 0.15) is 52.4 Å². The van der Waals surface area contributed by atoms with E-state index in [2.05, 4.69) is 15.2 Å². The summed E-state index contributed by atoms with van der Waals surface area (Å²) in [6, 6.07) is 3.91. The number of fused-ring (bicyclic) bond motifs is 1. The van der Waals surface area contributed by atoms with E-state index in [9.17, 15) is 22.4 Å². The van der Waals surface area contributed by atoms with Gasteiger partial charge in [-0.15, -0.1) is 11.3 Å². The Morgan fingerprint density at radius 1 is 1.23 bits per heavy atom. The molecule has 0 unspecified atom stereocenters. The van der Waals surface area contributed by atoms with Gasteiger partial charge in [0.1, 0.15) is 5.67 Å². The molecule has 2 aromatic rings. The number of nitrogens with one attached hydrogen (secondary N) is 1. The van der Waals surface area contributed by atoms with Crippen molar-refractivity contribution in [3.8, 4) is 0 Å². The number of amides is 1. The highest BCUT2D eigenvalue weighted by molar-refractivity contribution is 7.11. The van der Waals surface area contributed by atoms with Gasteiger partial charge in [0, 0.05) is 35.6 Å². The molecule has 9 heteroatoms. The van der Waals surface area contributed by atoms with Crippen LogP contribution >= 0.6 is 11.3 Å². The summed E-state index contributed by atoms with van der Waals surface area (Å²) < 4.78 is 52.6. The molecule has 3 fully saturated rings. The van der Waals surface area contributed by atoms with Gasteiger partial charge >= 0.3 is 6.18 Å². The molecule has 1 aromatic carbocycles. The summed E-state index contributed by atoms with van der Waals surface area (Å²) in [6.07, 6.45) is -2.11. The van der Waals surface area contributed by atoms with Crippen LogP contribution in [0.2, 0.25) is 0 Å². The summed E-state index contributed by atoms with van der Waals surface area (Å²) in [6.45, 7) is 4.80. The number of hydrogen-bond acceptors (Lipinski definition) is 4. The maximum Gasteiger partial charge on any atom is 0.443 e. The fourth-order valence-corrected chi connectivity index (χ4v) is 6.42. The number of halogens is 4. The molecule has 4 aliphatic rings. The van der Waals surface area contributed by atoms with Crippen LogP contribution in [-0.4, -0.2) is 23.1 Å². The predicted octanol–water partition coefficient (Wildman–Crippen LogP) is 5.56. The first-order chi connectivity index (χ1) is 14.5. The molecular weight excluding hydrogens is 430 g/mol. The number of rotatable bonds is 4. The number of benzene rings is 1. The van der Waals surface area contributed by atoms with Crippen LogP contribution in [0.25, 0.3) is 0 Å². The van der Waals surface area contributed by atoms with Gasteiger partial charge in [-0.25, -0.2) is 9.37 Å². The van der Waals surface area contributed by atoms with Crippen molar-refractivity contribution in [1.82, 2.24) is 4.98 Å². The van der Waals surface area contributed by atoms with E-state index >= 15 is 0 Å². The molecule has 4 nitrogen and oxygen atoms in total. The van der Waals surface area contributed by atoms with Crippen molar-refractivity contribution in [1.29, 1.82) is 0 Å². The number of thiazole rings is 1. The number of alkyl halides is 4. The van der Waals surface area contributed by atoms with Crippen LogP contribution in [0.3, 0.4) is 0 Å². The highest BCUT2D eigenvalue weighted by Crippen LogP contribution is 2.71. The Labute approximate surface area is 181 Å². The van der Waals surface area contributed by atoms with Gasteiger partial charge in [0.2, 0.25) is 5.91 Å². The second-order valence-electron chi connectivity index (χ2n) is 9.42. The molecule has 6 rings (SSSR count). The lowest BCUT2D eigenvalue weighted by atomic mass is 9.41. The number of aryl methyl sites for hydroxylation is 2. The van der Waals surface area contributed by atoms with Gasteiger partial charge in [-0.3, -0.25) is 4.79 Å². The van der Waals surface area contributed by atoms with E-state index in [-0.39, 0.29) is 11.3 Å². The van der Waals surface area contributed by atoms with Crippen molar-refractivity contribution in [2.45, 2.75) is 64.3 Å². The first kappa shape index (κ1) is 20.7. The van der Waals surface area contributed by atoms with Crippen LogP contribution in [0.4, 0.5) is 28.9 Å². The van der Waals surface area contributed by atoms with E-state index in [1.165, 1.54) is 0 Å². The van der Waals surface area contributed by atoms with Crippen LogP contribution in [0.15, 0.2) is 12.1 Å². The third-order valence-corrected chi connectivity index (χ3v) is 7.86. The minimum Gasteiger partial charge on any atom is -0.366 e. The molecule has 3 saturated carbocycles. The molecule has 0 atom stereocenters. The van der Waals surface area contributed by atoms with Crippen molar-refractivity contribution in [3.63, 3.8) is 0 Å². The van der Waals surface area contributed by atoms with Gasteiger partial charge in [0.15, 0.2) is 5.01 Å². The monoisotopic (exact) mass is 453 g/mol. The van der Waals surface area contributed by atoms with E-state index in [0.29, 0.717) is 67.1 Å². The first-order valence-electron chi connectivity index (χ1n) is 10.4. The second kappa shape index (κ2) is 6.67. The second-order valence-corrected chi connectivity index (χ2v) is 10.5. The minimum atomic E-state index is -4.41. The Bertz CT molecular complexity index is 1030. The molecule has 2 bridgehead atoms. The maximum atomic E-state index is 13.7. The van der Waals surface area contributed by atoms with Gasteiger partial charge in [0.25, 0.3) is 0 Å². The summed E-state index contributed by atoms with van der Waals surface area (Å²) in [4.78, 5) is 19.0. The average Bonchev–Trinajstić information content (AvgIpc) is 3.06. The first-order valence-corrected chi connectivity index (χ1v) is 11.2. The lowest BCUT2D eigenvalue weighted by molar-refractivity contribution is -0.214. The van der Waals surface area contributed by atoms with Crippen LogP contribution in [-0.2, 0) is 23.9 Å². The Kier molecular flexibility index (Phi) is 4.46. The molecule has 0 radical (unpaired) electrons. The third kappa shape index (κ3) is 3.60. The quantitative estimate of drug-likeness (QED) is 0.617. The van der Waals surface area contributed by atoms with Gasteiger partial charge < -0.3 is 10.2 Å². The summed E-state index contributed by atoms with van der Waals surface area (Å²) in [5.41, 5.74) is 2.85. The van der Waals surface area contributed by atoms with E-state index < -0.39 is 16.9 Å². The van der Waals surface area contributed by atoms with E-state index in [1.807, 2.05) is 26.0 Å². The Balaban J connectivity index is 1.29. The molecule has 1 amide bonds. The number of anilines is 2. The van der Waals surface area contributed by atoms with Crippen LogP contribution in [0, 0.1) is 19.3 Å². The highest BCUT2D eigenvalue weighted by Gasteiger charge is 2.69. The molecule has 1 N–H and O–H groups in total. The SMILES string of the molecule is Cc1cc(N2CCc3nc(C(F)(F)F)sc3C2)cc(C)c1NC(=O)CC12CC(F)(C1)C2. The summed E-state index contributed by atoms with van der Waals surface area (Å²) in [5.74, 6) is -0.0901. The van der Waals surface area contributed by atoms with Crippen LogP contribution < -0.4 is 10.2 Å². The van der Waals surface area contributed by atoms with Crippen molar-refractivity contribution in [2.24, 2.45) is 5.41 Å². The zero-order chi connectivity index (χ0) is 22.2. The average molecular weight is 454 g/mol. The minimum absolute atomic E-state index is 0.0901. The number of carbonyl (C=O) groups excluding carboxylic acids is 1. The number of hydrogen-bond donors (Lipinski definition) is 1. The predicted molar refractivity (Wildman–Crippen MR) is 111 cm³/mol. The zero-order valence-electron chi connectivity index (χ0n) is 17.3. The molecule has 166 valence electrons. The fourth-order valence-electron chi connectivity index (χ4n) is 5.43. The van der Waals surface area contributed by atoms with Gasteiger partial charge in [-0.2, -0.15) is 13.2 Å². The number of aromatic nitrogens is 1. The lowest BCUT2D eigenvalue weighted by Crippen LogP contribution is -2.65. The van der Waals surface area contributed by atoms with E-state index in [4.69, 9.17) is 0 Å². The van der Waals surface area contributed by atoms with Gasteiger partial charge in [-0.05, 0) is 61.8 Å². The summed E-state index contributed by atoms with van der Waals surface area (Å²) in [7, 11) is 0. The molecule has 1 aromatic heterocycles. The van der Waals surface area contributed by atoms with E-state index in [0.717, 1.165) is 22.5 Å². The topological polar surface area (TPSA) is 45.2 Å². The molecule has 0 spiro atoms. The normalized spacial score (nSPS) is 26.7. The van der Waals surface area contributed by atoms with Gasteiger partial charge in [0.05, 0.1) is 12.2 Å². The fraction of sp³-hybridized carbons (Fsp3) is 0.545. The standard InChI is InChI=1S/C22H23F4N3OS/c1-12-5-14(29-4-3-15-16(8-29)31-19(27-15)22(24,25)26)6-13(2)18(12)28-17(30)7-20-9-21(23,10-20)11-20/h5-6H,3-4,7-11H2,1-2H3,(H,28,30). The molecule has 0 saturated heterocycles. The van der Waals surface area contributed by atoms with Crippen molar-refractivity contribution in [3.05, 3.63) is 38.8 Å². The largest absolute Gasteiger partial charge is 0.443 e. The molecule has 3 aliphatic carbocycles. The smallest absolute Gasteiger partial charge is 0.366 e. The molecule has 2 heterocycles.